The van der Waals surface area contributed by atoms with E-state index in [-0.39, 0.29) is 11.9 Å². The number of aromatic nitrogens is 1. The first-order valence-corrected chi connectivity index (χ1v) is 4.93. The first kappa shape index (κ1) is 9.27. The van der Waals surface area contributed by atoms with Gasteiger partial charge in [-0.1, -0.05) is 0 Å². The zero-order chi connectivity index (χ0) is 9.97. The van der Waals surface area contributed by atoms with E-state index in [1.807, 2.05) is 11.0 Å². The van der Waals surface area contributed by atoms with Gasteiger partial charge in [-0.2, -0.15) is 0 Å². The lowest BCUT2D eigenvalue weighted by Gasteiger charge is -2.33. The third-order valence-electron chi connectivity index (χ3n) is 2.61. The molecule has 4 heteroatoms. The van der Waals surface area contributed by atoms with Crippen LogP contribution in [-0.2, 0) is 0 Å². The third kappa shape index (κ3) is 1.65. The summed E-state index contributed by atoms with van der Waals surface area (Å²) in [6.07, 6.45) is 3.52. The molecule has 4 nitrogen and oxygen atoms in total. The molecular formula is C10H15N3O. The maximum Gasteiger partial charge on any atom is 0.255 e. The van der Waals surface area contributed by atoms with E-state index in [4.69, 9.17) is 0 Å². The highest BCUT2D eigenvalue weighted by atomic mass is 16.2. The number of amides is 1. The van der Waals surface area contributed by atoms with E-state index in [1.165, 1.54) is 0 Å². The monoisotopic (exact) mass is 193 g/mol. The molecule has 1 fully saturated rings. The topological polar surface area (TPSA) is 48.1 Å². The number of nitrogens with one attached hydrogen (secondary N) is 2. The maximum atomic E-state index is 11.9. The standard InChI is InChI=1S/C10H15N3O/c1-8-6-12-4-5-13(8)10(14)9-2-3-11-7-9/h2-3,7-8,11-12H,4-6H2,1H3. The van der Waals surface area contributed by atoms with Crippen molar-refractivity contribution in [1.29, 1.82) is 0 Å². The minimum absolute atomic E-state index is 0.125. The molecule has 2 heterocycles. The van der Waals surface area contributed by atoms with E-state index in [0.29, 0.717) is 0 Å². The van der Waals surface area contributed by atoms with E-state index in [9.17, 15) is 4.79 Å². The molecule has 1 aromatic rings. The summed E-state index contributed by atoms with van der Waals surface area (Å²) < 4.78 is 0. The highest BCUT2D eigenvalue weighted by Gasteiger charge is 2.23. The van der Waals surface area contributed by atoms with Crippen LogP contribution in [0.2, 0.25) is 0 Å². The predicted octanol–water partition coefficient (Wildman–Crippen LogP) is 0.449. The molecule has 1 amide bonds. The Bertz CT molecular complexity index is 307. The molecule has 1 aliphatic heterocycles. The Morgan fingerprint density at radius 2 is 2.50 bits per heavy atom. The van der Waals surface area contributed by atoms with Gasteiger partial charge in [0, 0.05) is 38.1 Å². The number of piperazine rings is 1. The van der Waals surface area contributed by atoms with Gasteiger partial charge >= 0.3 is 0 Å². The van der Waals surface area contributed by atoms with Crippen molar-refractivity contribution in [2.75, 3.05) is 19.6 Å². The predicted molar refractivity (Wildman–Crippen MR) is 54.2 cm³/mol. The molecule has 1 saturated heterocycles. The van der Waals surface area contributed by atoms with Crippen molar-refractivity contribution in [2.24, 2.45) is 0 Å². The number of hydrogen-bond donors (Lipinski definition) is 2. The normalized spacial score (nSPS) is 22.4. The molecule has 0 aliphatic carbocycles. The molecule has 0 bridgehead atoms. The number of carbonyl (C=O) groups is 1. The van der Waals surface area contributed by atoms with E-state index in [0.717, 1.165) is 25.2 Å². The van der Waals surface area contributed by atoms with Crippen LogP contribution in [0, 0.1) is 0 Å². The van der Waals surface area contributed by atoms with Gasteiger partial charge in [-0.15, -0.1) is 0 Å². The lowest BCUT2D eigenvalue weighted by Crippen LogP contribution is -2.52. The summed E-state index contributed by atoms with van der Waals surface area (Å²) in [7, 11) is 0. The number of nitrogens with zero attached hydrogens (tertiary/aromatic N) is 1. The molecule has 14 heavy (non-hydrogen) atoms. The van der Waals surface area contributed by atoms with Gasteiger partial charge in [0.25, 0.3) is 5.91 Å². The molecule has 2 N–H and O–H groups in total. The highest BCUT2D eigenvalue weighted by molar-refractivity contribution is 5.94. The first-order chi connectivity index (χ1) is 6.79. The van der Waals surface area contributed by atoms with Crippen LogP contribution in [0.25, 0.3) is 0 Å². The second kappa shape index (κ2) is 3.84. The summed E-state index contributed by atoms with van der Waals surface area (Å²) >= 11 is 0. The van der Waals surface area contributed by atoms with Crippen LogP contribution < -0.4 is 5.32 Å². The van der Waals surface area contributed by atoms with Crippen LogP contribution in [0.3, 0.4) is 0 Å². The number of rotatable bonds is 1. The van der Waals surface area contributed by atoms with Crippen LogP contribution in [0.5, 0.6) is 0 Å². The van der Waals surface area contributed by atoms with Crippen molar-refractivity contribution in [1.82, 2.24) is 15.2 Å². The van der Waals surface area contributed by atoms with E-state index >= 15 is 0 Å². The molecule has 0 saturated carbocycles. The first-order valence-electron chi connectivity index (χ1n) is 4.93. The van der Waals surface area contributed by atoms with Gasteiger partial charge in [-0.3, -0.25) is 4.79 Å². The Labute approximate surface area is 83.3 Å². The van der Waals surface area contributed by atoms with Crippen molar-refractivity contribution in [3.05, 3.63) is 24.0 Å². The Kier molecular flexibility index (Phi) is 2.54. The fraction of sp³-hybridized carbons (Fsp3) is 0.500. The molecule has 0 radical (unpaired) electrons. The minimum Gasteiger partial charge on any atom is -0.367 e. The van der Waals surface area contributed by atoms with Gasteiger partial charge in [0.1, 0.15) is 0 Å². The Hall–Kier alpha value is -1.29. The Morgan fingerprint density at radius 1 is 1.64 bits per heavy atom. The second-order valence-electron chi connectivity index (χ2n) is 3.65. The van der Waals surface area contributed by atoms with Crippen LogP contribution in [0.1, 0.15) is 17.3 Å². The smallest absolute Gasteiger partial charge is 0.255 e. The molecule has 1 unspecified atom stereocenters. The summed E-state index contributed by atoms with van der Waals surface area (Å²) in [4.78, 5) is 16.8. The molecular weight excluding hydrogens is 178 g/mol. The number of H-pyrrole nitrogens is 1. The van der Waals surface area contributed by atoms with Gasteiger partial charge in [0.05, 0.1) is 5.56 Å². The Morgan fingerprint density at radius 3 is 3.14 bits per heavy atom. The summed E-state index contributed by atoms with van der Waals surface area (Å²) in [5.74, 6) is 0.125. The van der Waals surface area contributed by atoms with E-state index in [1.54, 1.807) is 12.4 Å². The highest BCUT2D eigenvalue weighted by Crippen LogP contribution is 2.09. The average molecular weight is 193 g/mol. The zero-order valence-electron chi connectivity index (χ0n) is 8.29. The fourth-order valence-corrected chi connectivity index (χ4v) is 1.77. The molecule has 0 aromatic carbocycles. The van der Waals surface area contributed by atoms with E-state index in [2.05, 4.69) is 17.2 Å². The summed E-state index contributed by atoms with van der Waals surface area (Å²) in [6, 6.07) is 2.10. The summed E-state index contributed by atoms with van der Waals surface area (Å²) in [6.45, 7) is 4.64. The average Bonchev–Trinajstić information content (AvgIpc) is 2.70. The number of aromatic amines is 1. The summed E-state index contributed by atoms with van der Waals surface area (Å²) in [5, 5.41) is 3.26. The number of hydrogen-bond acceptors (Lipinski definition) is 2. The third-order valence-corrected chi connectivity index (χ3v) is 2.61. The Balaban J connectivity index is 2.10. The molecule has 76 valence electrons. The lowest BCUT2D eigenvalue weighted by molar-refractivity contribution is 0.0656. The molecule has 0 spiro atoms. The van der Waals surface area contributed by atoms with Crippen LogP contribution in [0.4, 0.5) is 0 Å². The van der Waals surface area contributed by atoms with Crippen molar-refractivity contribution in [2.45, 2.75) is 13.0 Å². The molecule has 1 aromatic heterocycles. The van der Waals surface area contributed by atoms with Gasteiger partial charge in [0.2, 0.25) is 0 Å². The number of carbonyl (C=O) groups excluding carboxylic acids is 1. The zero-order valence-corrected chi connectivity index (χ0v) is 8.29. The minimum atomic E-state index is 0.125. The van der Waals surface area contributed by atoms with Crippen LogP contribution >= 0.6 is 0 Å². The van der Waals surface area contributed by atoms with Gasteiger partial charge in [-0.05, 0) is 13.0 Å². The van der Waals surface area contributed by atoms with Crippen LogP contribution in [0.15, 0.2) is 18.5 Å². The molecule has 2 rings (SSSR count). The fourth-order valence-electron chi connectivity index (χ4n) is 1.77. The maximum absolute atomic E-state index is 11.9. The van der Waals surface area contributed by atoms with Gasteiger partial charge in [-0.25, -0.2) is 0 Å². The second-order valence-corrected chi connectivity index (χ2v) is 3.65. The van der Waals surface area contributed by atoms with Gasteiger partial charge < -0.3 is 15.2 Å². The van der Waals surface area contributed by atoms with Crippen molar-refractivity contribution < 1.29 is 4.79 Å². The van der Waals surface area contributed by atoms with Crippen molar-refractivity contribution in [3.63, 3.8) is 0 Å². The van der Waals surface area contributed by atoms with Crippen molar-refractivity contribution >= 4 is 5.91 Å². The van der Waals surface area contributed by atoms with Crippen LogP contribution in [-0.4, -0.2) is 41.5 Å². The SMILES string of the molecule is CC1CNCCN1C(=O)c1cc[nH]c1. The lowest BCUT2D eigenvalue weighted by atomic mass is 10.2. The largest absolute Gasteiger partial charge is 0.367 e. The summed E-state index contributed by atoms with van der Waals surface area (Å²) in [5.41, 5.74) is 0.749. The van der Waals surface area contributed by atoms with E-state index < -0.39 is 0 Å². The molecule has 1 aliphatic rings. The van der Waals surface area contributed by atoms with Crippen molar-refractivity contribution in [3.8, 4) is 0 Å². The van der Waals surface area contributed by atoms with Gasteiger partial charge in [0.15, 0.2) is 0 Å². The quantitative estimate of drug-likeness (QED) is 0.680. The molecule has 1 atom stereocenters.